The number of aryl methyl sites for hydroxylation is 1. The molecular weight excluding hydrogens is 445 g/mol. The van der Waals surface area contributed by atoms with Crippen LogP contribution in [0.5, 0.6) is 0 Å². The molecule has 0 spiro atoms. The zero-order chi connectivity index (χ0) is 19.7. The van der Waals surface area contributed by atoms with Gasteiger partial charge < -0.3 is 4.90 Å². The minimum atomic E-state index is -0.190. The number of hydrogen-bond donors (Lipinski definition) is 0. The molecule has 3 rings (SSSR count). The molecule has 1 aromatic carbocycles. The van der Waals surface area contributed by atoms with Crippen LogP contribution < -0.4 is 4.90 Å². The summed E-state index contributed by atoms with van der Waals surface area (Å²) in [5.41, 5.74) is 2.25. The standard InChI is InChI=1S/C18H18Cl3N3OS2/c1-10-7-11(19)8-13-15(10)22-18(26-13)24(6-4-5-23(2)3)17(25)12-9-14(20)27-16(12)21/h7-9H,4-6H2,1-3H3. The molecular formula is C18H18Cl3N3OS2. The van der Waals surface area contributed by atoms with Gasteiger partial charge in [0.05, 0.1) is 20.1 Å². The highest BCUT2D eigenvalue weighted by atomic mass is 35.5. The fourth-order valence-corrected chi connectivity index (χ4v) is 5.61. The molecule has 144 valence electrons. The van der Waals surface area contributed by atoms with Crippen LogP contribution >= 0.6 is 57.5 Å². The molecule has 27 heavy (non-hydrogen) atoms. The predicted molar refractivity (Wildman–Crippen MR) is 119 cm³/mol. The van der Waals surface area contributed by atoms with E-state index in [2.05, 4.69) is 4.90 Å². The van der Waals surface area contributed by atoms with Crippen LogP contribution in [0.4, 0.5) is 5.13 Å². The van der Waals surface area contributed by atoms with Gasteiger partial charge in [-0.1, -0.05) is 46.1 Å². The van der Waals surface area contributed by atoms with Crippen LogP contribution in [-0.2, 0) is 0 Å². The number of thiophene rings is 1. The van der Waals surface area contributed by atoms with Gasteiger partial charge in [-0.05, 0) is 57.7 Å². The molecule has 9 heteroatoms. The Kier molecular flexibility index (Phi) is 6.66. The van der Waals surface area contributed by atoms with Crippen LogP contribution in [0.2, 0.25) is 13.7 Å². The fraction of sp³-hybridized carbons (Fsp3) is 0.333. The maximum absolute atomic E-state index is 13.2. The van der Waals surface area contributed by atoms with Gasteiger partial charge in [-0.15, -0.1) is 11.3 Å². The molecule has 2 heterocycles. The summed E-state index contributed by atoms with van der Waals surface area (Å²) < 4.78 is 1.83. The maximum Gasteiger partial charge on any atom is 0.262 e. The third-order valence-electron chi connectivity index (χ3n) is 3.99. The quantitative estimate of drug-likeness (QED) is 0.436. The second kappa shape index (κ2) is 8.64. The minimum Gasteiger partial charge on any atom is -0.309 e. The number of hydrogen-bond acceptors (Lipinski definition) is 5. The molecule has 0 bridgehead atoms. The first-order valence-corrected chi connectivity index (χ1v) is 11.0. The number of thiazole rings is 1. The molecule has 0 aliphatic rings. The summed E-state index contributed by atoms with van der Waals surface area (Å²) in [6, 6.07) is 5.37. The summed E-state index contributed by atoms with van der Waals surface area (Å²) in [5.74, 6) is -0.190. The zero-order valence-electron chi connectivity index (χ0n) is 15.1. The van der Waals surface area contributed by atoms with E-state index in [-0.39, 0.29) is 5.91 Å². The van der Waals surface area contributed by atoms with Crippen LogP contribution in [0.25, 0.3) is 10.2 Å². The Morgan fingerprint density at radius 2 is 1.85 bits per heavy atom. The van der Waals surface area contributed by atoms with Gasteiger partial charge in [0.25, 0.3) is 5.91 Å². The van der Waals surface area contributed by atoms with E-state index in [9.17, 15) is 4.79 Å². The Labute approximate surface area is 181 Å². The smallest absolute Gasteiger partial charge is 0.262 e. The maximum atomic E-state index is 13.2. The SMILES string of the molecule is Cc1cc(Cl)cc2sc(N(CCCN(C)C)C(=O)c3cc(Cl)sc3Cl)nc12. The predicted octanol–water partition coefficient (Wildman–Crippen LogP) is 6.22. The lowest BCUT2D eigenvalue weighted by molar-refractivity contribution is 0.0986. The van der Waals surface area contributed by atoms with Crippen molar-refractivity contribution in [2.24, 2.45) is 0 Å². The Morgan fingerprint density at radius 3 is 2.48 bits per heavy atom. The van der Waals surface area contributed by atoms with Crippen LogP contribution in [-0.4, -0.2) is 43.0 Å². The van der Waals surface area contributed by atoms with Crippen molar-refractivity contribution in [3.05, 3.63) is 43.0 Å². The molecule has 0 fully saturated rings. The highest BCUT2D eigenvalue weighted by molar-refractivity contribution is 7.22. The number of amides is 1. The van der Waals surface area contributed by atoms with Gasteiger partial charge in [-0.25, -0.2) is 4.98 Å². The Bertz CT molecular complexity index is 984. The lowest BCUT2D eigenvalue weighted by Gasteiger charge is -2.20. The summed E-state index contributed by atoms with van der Waals surface area (Å²) in [4.78, 5) is 21.7. The second-order valence-electron chi connectivity index (χ2n) is 6.42. The first kappa shape index (κ1) is 20.8. The summed E-state index contributed by atoms with van der Waals surface area (Å²) >= 11 is 21.1. The number of benzene rings is 1. The Hall–Kier alpha value is -0.890. The Morgan fingerprint density at radius 1 is 1.11 bits per heavy atom. The van der Waals surface area contributed by atoms with E-state index in [1.165, 1.54) is 22.7 Å². The highest BCUT2D eigenvalue weighted by Gasteiger charge is 2.25. The molecule has 0 unspecified atom stereocenters. The molecule has 3 aromatic rings. The van der Waals surface area contributed by atoms with E-state index < -0.39 is 0 Å². The third-order valence-corrected chi connectivity index (χ3v) is 6.72. The number of nitrogens with zero attached hydrogens (tertiary/aromatic N) is 3. The van der Waals surface area contributed by atoms with Crippen molar-refractivity contribution in [2.45, 2.75) is 13.3 Å². The van der Waals surface area contributed by atoms with Crippen molar-refractivity contribution < 1.29 is 4.79 Å². The van der Waals surface area contributed by atoms with Crippen molar-refractivity contribution in [1.82, 2.24) is 9.88 Å². The fourth-order valence-electron chi connectivity index (χ4n) is 2.72. The lowest BCUT2D eigenvalue weighted by Crippen LogP contribution is -2.33. The van der Waals surface area contributed by atoms with Crippen molar-refractivity contribution in [3.63, 3.8) is 0 Å². The number of fused-ring (bicyclic) bond motifs is 1. The van der Waals surface area contributed by atoms with Crippen molar-refractivity contribution in [1.29, 1.82) is 0 Å². The third kappa shape index (κ3) is 4.75. The average Bonchev–Trinajstić information content (AvgIpc) is 3.13. The number of halogens is 3. The van der Waals surface area contributed by atoms with Crippen LogP contribution in [0.3, 0.4) is 0 Å². The van der Waals surface area contributed by atoms with E-state index in [1.807, 2.05) is 33.2 Å². The van der Waals surface area contributed by atoms with Gasteiger partial charge in [0.1, 0.15) is 4.34 Å². The molecule has 4 nitrogen and oxygen atoms in total. The molecule has 0 saturated heterocycles. The number of rotatable bonds is 6. The van der Waals surface area contributed by atoms with Gasteiger partial charge in [-0.2, -0.15) is 0 Å². The molecule has 0 atom stereocenters. The van der Waals surface area contributed by atoms with Crippen LogP contribution in [0, 0.1) is 6.92 Å². The average molecular weight is 463 g/mol. The van der Waals surface area contributed by atoms with Crippen molar-refractivity contribution in [2.75, 3.05) is 32.1 Å². The highest BCUT2D eigenvalue weighted by Crippen LogP contribution is 2.36. The van der Waals surface area contributed by atoms with Crippen LogP contribution in [0.15, 0.2) is 18.2 Å². The number of anilines is 1. The Balaban J connectivity index is 2.00. The number of carbonyl (C=O) groups excluding carboxylic acids is 1. The van der Waals surface area contributed by atoms with Gasteiger partial charge in [0.2, 0.25) is 0 Å². The normalized spacial score (nSPS) is 11.5. The van der Waals surface area contributed by atoms with E-state index >= 15 is 0 Å². The van der Waals surface area contributed by atoms with Gasteiger partial charge in [0.15, 0.2) is 5.13 Å². The summed E-state index contributed by atoms with van der Waals surface area (Å²) in [5, 5.41) is 1.30. The van der Waals surface area contributed by atoms with Crippen molar-refractivity contribution in [3.8, 4) is 0 Å². The summed E-state index contributed by atoms with van der Waals surface area (Å²) in [7, 11) is 4.01. The largest absolute Gasteiger partial charge is 0.309 e. The monoisotopic (exact) mass is 461 g/mol. The summed E-state index contributed by atoms with van der Waals surface area (Å²) in [6.45, 7) is 3.36. The van der Waals surface area contributed by atoms with Gasteiger partial charge in [-0.3, -0.25) is 9.69 Å². The van der Waals surface area contributed by atoms with Gasteiger partial charge >= 0.3 is 0 Å². The van der Waals surface area contributed by atoms with E-state index in [0.29, 0.717) is 30.9 Å². The number of carbonyl (C=O) groups is 1. The topological polar surface area (TPSA) is 36.4 Å². The minimum absolute atomic E-state index is 0.190. The summed E-state index contributed by atoms with van der Waals surface area (Å²) in [6.07, 6.45) is 0.809. The van der Waals surface area contributed by atoms with Crippen molar-refractivity contribution >= 4 is 78.7 Å². The first-order valence-electron chi connectivity index (χ1n) is 8.24. The molecule has 1 amide bonds. The molecule has 0 aliphatic carbocycles. The first-order chi connectivity index (χ1) is 12.8. The zero-order valence-corrected chi connectivity index (χ0v) is 19.0. The van der Waals surface area contributed by atoms with Crippen LogP contribution in [0.1, 0.15) is 22.3 Å². The molecule has 0 saturated carbocycles. The van der Waals surface area contributed by atoms with E-state index in [4.69, 9.17) is 39.8 Å². The molecule has 2 aromatic heterocycles. The van der Waals surface area contributed by atoms with E-state index in [0.717, 1.165) is 28.7 Å². The second-order valence-corrected chi connectivity index (χ2v) is 10.1. The lowest BCUT2D eigenvalue weighted by atomic mass is 10.2. The van der Waals surface area contributed by atoms with E-state index in [1.54, 1.807) is 11.0 Å². The number of aromatic nitrogens is 1. The van der Waals surface area contributed by atoms with Gasteiger partial charge in [0, 0.05) is 11.6 Å². The molecule has 0 radical (unpaired) electrons. The molecule has 0 aliphatic heterocycles. The molecule has 0 N–H and O–H groups in total.